The van der Waals surface area contributed by atoms with Gasteiger partial charge in [-0.1, -0.05) is 0 Å². The Morgan fingerprint density at radius 1 is 1.41 bits per heavy atom. The molecule has 2 N–H and O–H groups in total. The highest BCUT2D eigenvalue weighted by Crippen LogP contribution is 2.17. The van der Waals surface area contributed by atoms with Gasteiger partial charge in [-0.3, -0.25) is 4.79 Å². The molecule has 1 aromatic rings. The van der Waals surface area contributed by atoms with Crippen LogP contribution in [-0.4, -0.2) is 28.9 Å². The maximum absolute atomic E-state index is 12.6. The summed E-state index contributed by atoms with van der Waals surface area (Å²) in [6, 6.07) is 5.97. The van der Waals surface area contributed by atoms with Gasteiger partial charge in [-0.15, -0.1) is 11.8 Å². The van der Waals surface area contributed by atoms with E-state index in [1.807, 2.05) is 0 Å². The highest BCUT2D eigenvalue weighted by Gasteiger charge is 2.13. The zero-order valence-corrected chi connectivity index (χ0v) is 10.7. The maximum atomic E-state index is 12.6. The van der Waals surface area contributed by atoms with Crippen LogP contribution in [0.3, 0.4) is 0 Å². The molecule has 17 heavy (non-hydrogen) atoms. The fourth-order valence-electron chi connectivity index (χ4n) is 1.05. The summed E-state index contributed by atoms with van der Waals surface area (Å²) in [6.07, 6.45) is 0. The lowest BCUT2D eigenvalue weighted by atomic mass is 10.1. The first-order valence-corrected chi connectivity index (χ1v) is 6.23. The predicted molar refractivity (Wildman–Crippen MR) is 66.4 cm³/mol. The lowest BCUT2D eigenvalue weighted by Gasteiger charge is -2.17. The molecule has 0 aliphatic carbocycles. The van der Waals surface area contributed by atoms with Crippen molar-refractivity contribution >= 4 is 17.7 Å². The minimum Gasteiger partial charge on any atom is -0.389 e. The van der Waals surface area contributed by atoms with Gasteiger partial charge in [0.25, 0.3) is 0 Å². The van der Waals surface area contributed by atoms with E-state index in [2.05, 4.69) is 5.32 Å². The summed E-state index contributed by atoms with van der Waals surface area (Å²) in [4.78, 5) is 12.3. The Labute approximate surface area is 104 Å². The summed E-state index contributed by atoms with van der Waals surface area (Å²) in [5, 5.41) is 12.0. The molecule has 1 aromatic carbocycles. The molecule has 3 nitrogen and oxygen atoms in total. The van der Waals surface area contributed by atoms with E-state index in [1.54, 1.807) is 26.0 Å². The van der Waals surface area contributed by atoms with E-state index >= 15 is 0 Å². The van der Waals surface area contributed by atoms with Crippen LogP contribution in [0.25, 0.3) is 0 Å². The van der Waals surface area contributed by atoms with Crippen LogP contribution in [0.15, 0.2) is 29.2 Å². The molecule has 0 atom stereocenters. The largest absolute Gasteiger partial charge is 0.389 e. The second-order valence-electron chi connectivity index (χ2n) is 4.33. The van der Waals surface area contributed by atoms with E-state index in [1.165, 1.54) is 23.9 Å². The van der Waals surface area contributed by atoms with Crippen molar-refractivity contribution in [3.8, 4) is 0 Å². The van der Waals surface area contributed by atoms with Crippen LogP contribution in [0.1, 0.15) is 13.8 Å². The van der Waals surface area contributed by atoms with Gasteiger partial charge in [0.15, 0.2) is 0 Å². The zero-order chi connectivity index (χ0) is 12.9. The Morgan fingerprint density at radius 2 is 2.00 bits per heavy atom. The van der Waals surface area contributed by atoms with Gasteiger partial charge < -0.3 is 10.4 Å². The Hall–Kier alpha value is -1.07. The van der Waals surface area contributed by atoms with Gasteiger partial charge in [-0.05, 0) is 38.1 Å². The van der Waals surface area contributed by atoms with Crippen molar-refractivity contribution in [1.82, 2.24) is 5.32 Å². The van der Waals surface area contributed by atoms with Crippen molar-refractivity contribution in [3.05, 3.63) is 30.1 Å². The summed E-state index contributed by atoms with van der Waals surface area (Å²) in [5.74, 6) is -0.191. The number of carbonyl (C=O) groups is 1. The summed E-state index contributed by atoms with van der Waals surface area (Å²) in [6.45, 7) is 3.47. The van der Waals surface area contributed by atoms with Gasteiger partial charge in [0.2, 0.25) is 5.91 Å². The fraction of sp³-hybridized carbons (Fsp3) is 0.417. The van der Waals surface area contributed by atoms with E-state index in [0.29, 0.717) is 0 Å². The van der Waals surface area contributed by atoms with E-state index in [9.17, 15) is 14.3 Å². The van der Waals surface area contributed by atoms with Crippen LogP contribution in [0.2, 0.25) is 0 Å². The SMILES string of the molecule is CC(C)(O)CNC(=O)CSc1ccc(F)cc1. The van der Waals surface area contributed by atoms with Gasteiger partial charge in [0, 0.05) is 11.4 Å². The van der Waals surface area contributed by atoms with Gasteiger partial charge in [-0.2, -0.15) is 0 Å². The van der Waals surface area contributed by atoms with Crippen LogP contribution in [-0.2, 0) is 4.79 Å². The molecule has 0 bridgehead atoms. The highest BCUT2D eigenvalue weighted by molar-refractivity contribution is 8.00. The molecule has 0 radical (unpaired) electrons. The van der Waals surface area contributed by atoms with Gasteiger partial charge >= 0.3 is 0 Å². The normalized spacial score (nSPS) is 11.3. The van der Waals surface area contributed by atoms with Crippen LogP contribution in [0.5, 0.6) is 0 Å². The molecule has 0 saturated carbocycles. The third kappa shape index (κ3) is 6.28. The molecule has 0 unspecified atom stereocenters. The second-order valence-corrected chi connectivity index (χ2v) is 5.38. The number of carbonyl (C=O) groups excluding carboxylic acids is 1. The molecule has 0 fully saturated rings. The monoisotopic (exact) mass is 257 g/mol. The van der Waals surface area contributed by atoms with Gasteiger partial charge in [-0.25, -0.2) is 4.39 Å². The molecule has 0 spiro atoms. The van der Waals surface area contributed by atoms with Crippen molar-refractivity contribution in [3.63, 3.8) is 0 Å². The van der Waals surface area contributed by atoms with Crippen molar-refractivity contribution in [2.75, 3.05) is 12.3 Å². The number of hydrogen-bond donors (Lipinski definition) is 2. The molecule has 1 amide bonds. The average Bonchev–Trinajstić information content (AvgIpc) is 2.25. The van der Waals surface area contributed by atoms with Crippen molar-refractivity contribution in [2.45, 2.75) is 24.3 Å². The fourth-order valence-corrected chi connectivity index (χ4v) is 1.77. The molecule has 0 aromatic heterocycles. The molecule has 1 rings (SSSR count). The summed E-state index contributed by atoms with van der Waals surface area (Å²) >= 11 is 1.33. The number of rotatable bonds is 5. The molecule has 0 aliphatic heterocycles. The van der Waals surface area contributed by atoms with Crippen molar-refractivity contribution < 1.29 is 14.3 Å². The number of aliphatic hydroxyl groups is 1. The number of nitrogens with one attached hydrogen (secondary N) is 1. The Balaban J connectivity index is 2.31. The second kappa shape index (κ2) is 6.02. The lowest BCUT2D eigenvalue weighted by molar-refractivity contribution is -0.119. The van der Waals surface area contributed by atoms with Crippen LogP contribution in [0, 0.1) is 5.82 Å². The minimum atomic E-state index is -0.907. The van der Waals surface area contributed by atoms with Crippen molar-refractivity contribution in [1.29, 1.82) is 0 Å². The smallest absolute Gasteiger partial charge is 0.230 e. The molecule has 0 heterocycles. The zero-order valence-electron chi connectivity index (χ0n) is 9.87. The molecular formula is C12H16FNO2S. The number of thioether (sulfide) groups is 1. The van der Waals surface area contributed by atoms with E-state index in [0.717, 1.165) is 4.90 Å². The maximum Gasteiger partial charge on any atom is 0.230 e. The van der Waals surface area contributed by atoms with Gasteiger partial charge in [0.1, 0.15) is 5.82 Å². The Morgan fingerprint density at radius 3 is 2.53 bits per heavy atom. The number of hydrogen-bond acceptors (Lipinski definition) is 3. The molecule has 0 saturated heterocycles. The first-order valence-electron chi connectivity index (χ1n) is 5.24. The van der Waals surface area contributed by atoms with Crippen LogP contribution >= 0.6 is 11.8 Å². The quantitative estimate of drug-likeness (QED) is 0.791. The molecule has 5 heteroatoms. The van der Waals surface area contributed by atoms with E-state index in [-0.39, 0.29) is 24.0 Å². The molecule has 0 aliphatic rings. The number of benzene rings is 1. The Kier molecular flexibility index (Phi) is 4.96. The van der Waals surface area contributed by atoms with Crippen LogP contribution in [0.4, 0.5) is 4.39 Å². The standard InChI is InChI=1S/C12H16FNO2S/c1-12(2,16)8-14-11(15)7-17-10-5-3-9(13)4-6-10/h3-6,16H,7-8H2,1-2H3,(H,14,15). The van der Waals surface area contributed by atoms with Crippen LogP contribution < -0.4 is 5.32 Å². The van der Waals surface area contributed by atoms with Gasteiger partial charge in [0.05, 0.1) is 11.4 Å². The first kappa shape index (κ1) is 14.0. The van der Waals surface area contributed by atoms with Crippen molar-refractivity contribution in [2.24, 2.45) is 0 Å². The third-order valence-corrected chi connectivity index (χ3v) is 2.91. The number of halogens is 1. The lowest BCUT2D eigenvalue weighted by Crippen LogP contribution is -2.38. The summed E-state index contributed by atoms with van der Waals surface area (Å²) in [7, 11) is 0. The topological polar surface area (TPSA) is 49.3 Å². The molecule has 94 valence electrons. The Bertz CT molecular complexity index is 373. The summed E-state index contributed by atoms with van der Waals surface area (Å²) < 4.78 is 12.6. The first-order chi connectivity index (χ1) is 7.87. The third-order valence-electron chi connectivity index (χ3n) is 1.90. The number of amides is 1. The van der Waals surface area contributed by atoms with E-state index in [4.69, 9.17) is 0 Å². The average molecular weight is 257 g/mol. The minimum absolute atomic E-state index is 0.151. The predicted octanol–water partition coefficient (Wildman–Crippen LogP) is 1.80. The van der Waals surface area contributed by atoms with E-state index < -0.39 is 5.60 Å². The highest BCUT2D eigenvalue weighted by atomic mass is 32.2. The summed E-state index contributed by atoms with van der Waals surface area (Å²) in [5.41, 5.74) is -0.907. The molecular weight excluding hydrogens is 241 g/mol.